The van der Waals surface area contributed by atoms with Crippen LogP contribution in [0.5, 0.6) is 0 Å². The number of carbonyl (C=O) groups excluding carboxylic acids is 2. The number of amides is 2. The number of nitrogens with one attached hydrogen (secondary N) is 2. The van der Waals surface area contributed by atoms with E-state index in [9.17, 15) is 9.59 Å². The molecule has 0 aliphatic heterocycles. The first-order valence-corrected chi connectivity index (χ1v) is 5.77. The van der Waals surface area contributed by atoms with Crippen LogP contribution in [0, 0.1) is 0 Å². The lowest BCUT2D eigenvalue weighted by atomic mass is 10.3. The topological polar surface area (TPSA) is 102 Å². The molecule has 0 fully saturated rings. The summed E-state index contributed by atoms with van der Waals surface area (Å²) in [7, 11) is 1.65. The fraction of sp³-hybridized carbons (Fsp3) is 0.545. The number of nitrogens with zero attached hydrogens (tertiary/aromatic N) is 2. The molecule has 100 valence electrons. The summed E-state index contributed by atoms with van der Waals surface area (Å²) in [5, 5.41) is 9.24. The van der Waals surface area contributed by atoms with Crippen LogP contribution in [0.25, 0.3) is 0 Å². The largest absolute Gasteiger partial charge is 0.383 e. The van der Waals surface area contributed by atoms with Gasteiger partial charge in [0, 0.05) is 26.1 Å². The summed E-state index contributed by atoms with van der Waals surface area (Å²) in [6.45, 7) is 4.03. The number of nitrogens with two attached hydrogens (primary N) is 1. The van der Waals surface area contributed by atoms with Gasteiger partial charge in [-0.25, -0.2) is 0 Å². The van der Waals surface area contributed by atoms with Crippen molar-refractivity contribution < 1.29 is 9.59 Å². The number of nitrogen functional groups attached to an aromatic ring is 1. The molecule has 7 heteroatoms. The summed E-state index contributed by atoms with van der Waals surface area (Å²) in [6, 6.07) is 0.0992. The van der Waals surface area contributed by atoms with Crippen LogP contribution in [0.3, 0.4) is 0 Å². The predicted molar refractivity (Wildman–Crippen MR) is 67.8 cm³/mol. The first kappa shape index (κ1) is 14.0. The fourth-order valence-electron chi connectivity index (χ4n) is 1.40. The molecule has 1 heterocycles. The molecular formula is C11H19N5O2. The van der Waals surface area contributed by atoms with Gasteiger partial charge in [-0.15, -0.1) is 0 Å². The lowest BCUT2D eigenvalue weighted by Crippen LogP contribution is -2.34. The molecule has 2 amide bonds. The van der Waals surface area contributed by atoms with Crippen LogP contribution in [0.15, 0.2) is 6.20 Å². The summed E-state index contributed by atoms with van der Waals surface area (Å²) in [5.41, 5.74) is 5.98. The van der Waals surface area contributed by atoms with Crippen LogP contribution in [0.1, 0.15) is 30.6 Å². The van der Waals surface area contributed by atoms with Crippen molar-refractivity contribution in [2.45, 2.75) is 26.3 Å². The third-order valence-electron chi connectivity index (χ3n) is 2.32. The molecule has 0 aliphatic carbocycles. The average molecular weight is 253 g/mol. The minimum atomic E-state index is -0.321. The maximum atomic E-state index is 11.7. The highest BCUT2D eigenvalue weighted by Gasteiger charge is 2.13. The Bertz CT molecular complexity index is 439. The van der Waals surface area contributed by atoms with E-state index in [4.69, 9.17) is 5.73 Å². The smallest absolute Gasteiger partial charge is 0.256 e. The molecule has 0 spiro atoms. The molecule has 18 heavy (non-hydrogen) atoms. The van der Waals surface area contributed by atoms with Gasteiger partial charge in [0.15, 0.2) is 0 Å². The zero-order valence-corrected chi connectivity index (χ0v) is 10.9. The monoisotopic (exact) mass is 253 g/mol. The molecule has 0 atom stereocenters. The Morgan fingerprint density at radius 1 is 1.50 bits per heavy atom. The number of hydrogen-bond acceptors (Lipinski definition) is 4. The lowest BCUT2D eigenvalue weighted by molar-refractivity contribution is -0.121. The summed E-state index contributed by atoms with van der Waals surface area (Å²) >= 11 is 0. The molecule has 0 bridgehead atoms. The minimum Gasteiger partial charge on any atom is -0.383 e. The van der Waals surface area contributed by atoms with Crippen molar-refractivity contribution in [2.24, 2.45) is 7.05 Å². The van der Waals surface area contributed by atoms with Gasteiger partial charge >= 0.3 is 0 Å². The van der Waals surface area contributed by atoms with E-state index >= 15 is 0 Å². The van der Waals surface area contributed by atoms with Gasteiger partial charge in [-0.1, -0.05) is 0 Å². The summed E-state index contributed by atoms with van der Waals surface area (Å²) in [4.78, 5) is 23.0. The van der Waals surface area contributed by atoms with E-state index < -0.39 is 0 Å². The Morgan fingerprint density at radius 2 is 2.17 bits per heavy atom. The molecule has 1 aromatic rings. The van der Waals surface area contributed by atoms with Crippen molar-refractivity contribution in [2.75, 3.05) is 12.3 Å². The lowest BCUT2D eigenvalue weighted by Gasteiger charge is -2.08. The first-order chi connectivity index (χ1) is 8.41. The first-order valence-electron chi connectivity index (χ1n) is 5.77. The molecule has 0 saturated carbocycles. The quantitative estimate of drug-likeness (QED) is 0.667. The van der Waals surface area contributed by atoms with Crippen LogP contribution in [0.4, 0.5) is 5.82 Å². The zero-order chi connectivity index (χ0) is 13.7. The van der Waals surface area contributed by atoms with E-state index in [1.807, 2.05) is 13.8 Å². The fourth-order valence-corrected chi connectivity index (χ4v) is 1.40. The van der Waals surface area contributed by atoms with Crippen LogP contribution >= 0.6 is 0 Å². The number of carbonyl (C=O) groups is 2. The normalized spacial score (nSPS) is 10.4. The van der Waals surface area contributed by atoms with E-state index in [1.54, 1.807) is 7.05 Å². The number of aryl methyl sites for hydroxylation is 1. The maximum Gasteiger partial charge on any atom is 0.256 e. The molecule has 4 N–H and O–H groups in total. The Morgan fingerprint density at radius 3 is 2.67 bits per heavy atom. The van der Waals surface area contributed by atoms with E-state index in [-0.39, 0.29) is 30.8 Å². The minimum absolute atomic E-state index is 0.0931. The second-order valence-corrected chi connectivity index (χ2v) is 4.30. The predicted octanol–water partition coefficient (Wildman–Crippen LogP) is -0.353. The second kappa shape index (κ2) is 6.04. The Balaban J connectivity index is 2.38. The highest BCUT2D eigenvalue weighted by Crippen LogP contribution is 2.08. The molecule has 0 aromatic carbocycles. The van der Waals surface area contributed by atoms with Crippen molar-refractivity contribution in [3.8, 4) is 0 Å². The maximum absolute atomic E-state index is 11.7. The van der Waals surface area contributed by atoms with Gasteiger partial charge in [-0.2, -0.15) is 5.10 Å². The standard InChI is InChI=1S/C11H19N5O2/c1-7(2)15-9(17)4-5-13-11(18)8-6-14-16(3)10(8)12/h6-7H,4-5,12H2,1-3H3,(H,13,18)(H,15,17). The van der Waals surface area contributed by atoms with Crippen molar-refractivity contribution in [3.05, 3.63) is 11.8 Å². The van der Waals surface area contributed by atoms with Gasteiger partial charge in [0.25, 0.3) is 5.91 Å². The SMILES string of the molecule is CC(C)NC(=O)CCNC(=O)c1cnn(C)c1N. The molecule has 7 nitrogen and oxygen atoms in total. The Kier molecular flexibility index (Phi) is 4.70. The zero-order valence-electron chi connectivity index (χ0n) is 10.9. The molecule has 1 aromatic heterocycles. The van der Waals surface area contributed by atoms with Crippen LogP contribution < -0.4 is 16.4 Å². The summed E-state index contributed by atoms with van der Waals surface area (Å²) < 4.78 is 1.42. The molecule has 0 saturated heterocycles. The number of aromatic nitrogens is 2. The van der Waals surface area contributed by atoms with Crippen molar-refractivity contribution in [1.29, 1.82) is 0 Å². The van der Waals surface area contributed by atoms with Crippen LogP contribution in [-0.4, -0.2) is 34.2 Å². The van der Waals surface area contributed by atoms with Gasteiger partial charge < -0.3 is 16.4 Å². The van der Waals surface area contributed by atoms with Gasteiger partial charge in [-0.05, 0) is 13.8 Å². The second-order valence-electron chi connectivity index (χ2n) is 4.30. The van der Waals surface area contributed by atoms with Gasteiger partial charge in [-0.3, -0.25) is 14.3 Å². The van der Waals surface area contributed by atoms with E-state index in [0.717, 1.165) is 0 Å². The van der Waals surface area contributed by atoms with Crippen molar-refractivity contribution in [1.82, 2.24) is 20.4 Å². The van der Waals surface area contributed by atoms with Crippen molar-refractivity contribution >= 4 is 17.6 Å². The molecule has 1 rings (SSSR count). The highest BCUT2D eigenvalue weighted by molar-refractivity contribution is 5.98. The third-order valence-corrected chi connectivity index (χ3v) is 2.32. The van der Waals surface area contributed by atoms with Gasteiger partial charge in [0.05, 0.1) is 6.20 Å². The van der Waals surface area contributed by atoms with E-state index in [1.165, 1.54) is 10.9 Å². The third kappa shape index (κ3) is 3.76. The average Bonchev–Trinajstić information content (AvgIpc) is 2.58. The van der Waals surface area contributed by atoms with Crippen molar-refractivity contribution in [3.63, 3.8) is 0 Å². The summed E-state index contributed by atoms with van der Waals surface area (Å²) in [5.74, 6) is -0.110. The van der Waals surface area contributed by atoms with Crippen LogP contribution in [0.2, 0.25) is 0 Å². The van der Waals surface area contributed by atoms with E-state index in [2.05, 4.69) is 15.7 Å². The summed E-state index contributed by atoms with van der Waals surface area (Å²) in [6.07, 6.45) is 1.64. The van der Waals surface area contributed by atoms with E-state index in [0.29, 0.717) is 11.4 Å². The van der Waals surface area contributed by atoms with Gasteiger partial charge in [0.2, 0.25) is 5.91 Å². The molecule has 0 aliphatic rings. The number of anilines is 1. The Hall–Kier alpha value is -2.05. The number of hydrogen-bond donors (Lipinski definition) is 3. The molecule has 0 radical (unpaired) electrons. The Labute approximate surface area is 106 Å². The molecule has 0 unspecified atom stereocenters. The highest BCUT2D eigenvalue weighted by atomic mass is 16.2. The number of rotatable bonds is 5. The van der Waals surface area contributed by atoms with Gasteiger partial charge in [0.1, 0.15) is 11.4 Å². The van der Waals surface area contributed by atoms with Crippen LogP contribution in [-0.2, 0) is 11.8 Å². The molecular weight excluding hydrogens is 234 g/mol.